The van der Waals surface area contributed by atoms with Gasteiger partial charge in [0.15, 0.2) is 0 Å². The van der Waals surface area contributed by atoms with Crippen LogP contribution >= 0.6 is 0 Å². The zero-order valence-corrected chi connectivity index (χ0v) is 15.8. The van der Waals surface area contributed by atoms with E-state index in [9.17, 15) is 14.9 Å². The Labute approximate surface area is 153 Å². The molecule has 1 amide bonds. The Hall–Kier alpha value is -1.92. The molecule has 4 fully saturated rings. The summed E-state index contributed by atoms with van der Waals surface area (Å²) in [4.78, 5) is 23.7. The molecule has 4 saturated carbocycles. The first-order valence-electron chi connectivity index (χ1n) is 9.77. The maximum absolute atomic E-state index is 12.9. The monoisotopic (exact) mass is 360 g/mol. The highest BCUT2D eigenvalue weighted by Crippen LogP contribution is 2.55. The topological polar surface area (TPSA) is 90.1 Å². The predicted octanol–water partition coefficient (Wildman–Crippen LogP) is 3.13. The lowest BCUT2D eigenvalue weighted by atomic mass is 9.53. The summed E-state index contributed by atoms with van der Waals surface area (Å²) in [6.07, 6.45) is 7.43. The Balaban J connectivity index is 1.44. The Morgan fingerprint density at radius 3 is 2.27 bits per heavy atom. The van der Waals surface area contributed by atoms with Crippen molar-refractivity contribution in [3.8, 4) is 0 Å². The Bertz CT molecular complexity index is 719. The number of carbonyl (C=O) groups excluding carboxylic acids is 1. The molecule has 1 N–H and O–H groups in total. The molecule has 4 bridgehead atoms. The van der Waals surface area contributed by atoms with E-state index in [1.54, 1.807) is 18.5 Å². The molecule has 7 nitrogen and oxygen atoms in total. The fourth-order valence-corrected chi connectivity index (χ4v) is 6.12. The number of hydrogen-bond acceptors (Lipinski definition) is 4. The lowest BCUT2D eigenvalue weighted by molar-refractivity contribution is -0.386. The number of carbonyl (C=O) groups is 1. The second-order valence-electron chi connectivity index (χ2n) is 9.05. The van der Waals surface area contributed by atoms with Gasteiger partial charge in [0.05, 0.1) is 17.4 Å². The molecule has 0 aliphatic heterocycles. The van der Waals surface area contributed by atoms with Crippen molar-refractivity contribution in [1.29, 1.82) is 0 Å². The van der Waals surface area contributed by atoms with Crippen LogP contribution in [0.2, 0.25) is 0 Å². The van der Waals surface area contributed by atoms with Gasteiger partial charge in [-0.05, 0) is 70.1 Å². The zero-order valence-electron chi connectivity index (χ0n) is 15.8. The van der Waals surface area contributed by atoms with Gasteiger partial charge in [-0.3, -0.25) is 19.6 Å². The maximum atomic E-state index is 12.9. The fourth-order valence-electron chi connectivity index (χ4n) is 6.12. The average molecular weight is 360 g/mol. The quantitative estimate of drug-likeness (QED) is 0.645. The molecule has 0 spiro atoms. The van der Waals surface area contributed by atoms with Gasteiger partial charge in [0.25, 0.3) is 0 Å². The van der Waals surface area contributed by atoms with Crippen LogP contribution in [0, 0.1) is 47.6 Å². The van der Waals surface area contributed by atoms with Crippen LogP contribution in [0.15, 0.2) is 0 Å². The van der Waals surface area contributed by atoms with Gasteiger partial charge in [0.1, 0.15) is 11.4 Å². The Kier molecular flexibility index (Phi) is 4.08. The molecule has 26 heavy (non-hydrogen) atoms. The number of nitrogens with zero attached hydrogens (tertiary/aromatic N) is 3. The van der Waals surface area contributed by atoms with Gasteiger partial charge in [-0.15, -0.1) is 0 Å². The van der Waals surface area contributed by atoms with Crippen LogP contribution in [0.4, 0.5) is 5.69 Å². The van der Waals surface area contributed by atoms with E-state index in [-0.39, 0.29) is 23.1 Å². The number of amides is 1. The van der Waals surface area contributed by atoms with Crippen molar-refractivity contribution in [2.24, 2.45) is 23.7 Å². The van der Waals surface area contributed by atoms with E-state index in [2.05, 4.69) is 10.4 Å². The Morgan fingerprint density at radius 1 is 1.27 bits per heavy atom. The molecule has 1 unspecified atom stereocenters. The van der Waals surface area contributed by atoms with Crippen molar-refractivity contribution in [2.75, 3.05) is 0 Å². The standard InChI is InChI=1S/C19H28N4O3/c1-11(10-22-13(3)17(23(25)26)12(2)21-22)18(24)20-19-7-14-4-15(8-19)6-16(5-14)9-19/h11,14-16H,4-10H2,1-3H3,(H,20,24). The smallest absolute Gasteiger partial charge is 0.312 e. The van der Waals surface area contributed by atoms with Crippen LogP contribution in [0.1, 0.15) is 56.8 Å². The highest BCUT2D eigenvalue weighted by molar-refractivity contribution is 5.79. The zero-order chi connectivity index (χ0) is 18.6. The third-order valence-electron chi connectivity index (χ3n) is 6.85. The number of aromatic nitrogens is 2. The summed E-state index contributed by atoms with van der Waals surface area (Å²) in [7, 11) is 0. The minimum atomic E-state index is -0.395. The van der Waals surface area contributed by atoms with Gasteiger partial charge < -0.3 is 5.32 Å². The molecule has 5 rings (SSSR count). The van der Waals surface area contributed by atoms with E-state index >= 15 is 0 Å². The van der Waals surface area contributed by atoms with Crippen LogP contribution < -0.4 is 5.32 Å². The van der Waals surface area contributed by atoms with Crippen LogP contribution in [0.25, 0.3) is 0 Å². The molecular formula is C19H28N4O3. The minimum absolute atomic E-state index is 0.00116. The summed E-state index contributed by atoms with van der Waals surface area (Å²) in [6, 6.07) is 0. The molecule has 1 heterocycles. The van der Waals surface area contributed by atoms with Crippen LogP contribution in [-0.2, 0) is 11.3 Å². The summed E-state index contributed by atoms with van der Waals surface area (Å²) in [5.41, 5.74) is 0.975. The number of nitro groups is 1. The third-order valence-corrected chi connectivity index (χ3v) is 6.85. The van der Waals surface area contributed by atoms with Crippen molar-refractivity contribution in [2.45, 2.75) is 71.4 Å². The van der Waals surface area contributed by atoms with E-state index in [0.29, 0.717) is 17.9 Å². The average Bonchev–Trinajstić information content (AvgIpc) is 2.79. The molecule has 1 aromatic heterocycles. The van der Waals surface area contributed by atoms with Crippen molar-refractivity contribution in [3.63, 3.8) is 0 Å². The summed E-state index contributed by atoms with van der Waals surface area (Å²) >= 11 is 0. The second-order valence-corrected chi connectivity index (χ2v) is 9.05. The SMILES string of the molecule is Cc1nn(CC(C)C(=O)NC23CC4CC(CC(C4)C2)C3)c(C)c1[N+](=O)[O-]. The lowest BCUT2D eigenvalue weighted by Crippen LogP contribution is -2.60. The van der Waals surface area contributed by atoms with Crippen molar-refractivity contribution in [1.82, 2.24) is 15.1 Å². The summed E-state index contributed by atoms with van der Waals surface area (Å²) in [5.74, 6) is 2.16. The molecule has 4 aliphatic rings. The molecule has 0 saturated heterocycles. The first-order valence-corrected chi connectivity index (χ1v) is 9.77. The van der Waals surface area contributed by atoms with E-state index in [0.717, 1.165) is 37.0 Å². The van der Waals surface area contributed by atoms with Crippen LogP contribution in [0.5, 0.6) is 0 Å². The molecule has 7 heteroatoms. The molecular weight excluding hydrogens is 332 g/mol. The number of nitrogens with one attached hydrogen (secondary N) is 1. The van der Waals surface area contributed by atoms with Crippen LogP contribution in [0.3, 0.4) is 0 Å². The highest BCUT2D eigenvalue weighted by atomic mass is 16.6. The van der Waals surface area contributed by atoms with E-state index in [4.69, 9.17) is 0 Å². The van der Waals surface area contributed by atoms with Gasteiger partial charge >= 0.3 is 5.69 Å². The van der Waals surface area contributed by atoms with E-state index in [1.165, 1.54) is 19.3 Å². The minimum Gasteiger partial charge on any atom is -0.350 e. The van der Waals surface area contributed by atoms with Gasteiger partial charge in [-0.2, -0.15) is 5.10 Å². The number of rotatable bonds is 5. The summed E-state index contributed by atoms with van der Waals surface area (Å²) in [6.45, 7) is 5.60. The molecule has 4 aliphatic carbocycles. The van der Waals surface area contributed by atoms with Gasteiger partial charge in [0.2, 0.25) is 5.91 Å². The first kappa shape index (κ1) is 17.5. The van der Waals surface area contributed by atoms with Crippen molar-refractivity contribution < 1.29 is 9.72 Å². The summed E-state index contributed by atoms with van der Waals surface area (Å²) < 4.78 is 1.61. The van der Waals surface area contributed by atoms with Crippen molar-refractivity contribution >= 4 is 11.6 Å². The van der Waals surface area contributed by atoms with Gasteiger partial charge in [-0.1, -0.05) is 6.92 Å². The maximum Gasteiger partial charge on any atom is 0.312 e. The van der Waals surface area contributed by atoms with Crippen molar-refractivity contribution in [3.05, 3.63) is 21.5 Å². The lowest BCUT2D eigenvalue weighted by Gasteiger charge is -2.57. The van der Waals surface area contributed by atoms with Crippen LogP contribution in [-0.4, -0.2) is 26.1 Å². The first-order chi connectivity index (χ1) is 12.3. The molecule has 1 atom stereocenters. The largest absolute Gasteiger partial charge is 0.350 e. The number of hydrogen-bond donors (Lipinski definition) is 1. The molecule has 0 aromatic carbocycles. The van der Waals surface area contributed by atoms with Gasteiger partial charge in [-0.25, -0.2) is 0 Å². The molecule has 0 radical (unpaired) electrons. The van der Waals surface area contributed by atoms with E-state index in [1.807, 2.05) is 6.92 Å². The number of aryl methyl sites for hydroxylation is 1. The molecule has 1 aromatic rings. The third kappa shape index (κ3) is 2.91. The second kappa shape index (κ2) is 6.06. The Morgan fingerprint density at radius 2 is 1.81 bits per heavy atom. The fraction of sp³-hybridized carbons (Fsp3) is 0.789. The van der Waals surface area contributed by atoms with Gasteiger partial charge in [0, 0.05) is 5.54 Å². The summed E-state index contributed by atoms with van der Waals surface area (Å²) in [5, 5.41) is 18.8. The highest BCUT2D eigenvalue weighted by Gasteiger charge is 2.51. The normalized spacial score (nSPS) is 33.3. The predicted molar refractivity (Wildman–Crippen MR) is 96.6 cm³/mol. The van der Waals surface area contributed by atoms with E-state index < -0.39 is 4.92 Å². The molecule has 142 valence electrons.